The molecule has 2 rings (SSSR count). The third kappa shape index (κ3) is 6.13. The van der Waals surface area contributed by atoms with Gasteiger partial charge in [0.25, 0.3) is 0 Å². The maximum absolute atomic E-state index is 12.9. The van der Waals surface area contributed by atoms with E-state index >= 15 is 0 Å². The van der Waals surface area contributed by atoms with Gasteiger partial charge in [0.05, 0.1) is 28.2 Å². The zero-order chi connectivity index (χ0) is 20.9. The van der Waals surface area contributed by atoms with Crippen LogP contribution >= 0.6 is 11.6 Å². The lowest BCUT2D eigenvalue weighted by atomic mass is 10.2. The number of amides is 1. The normalized spacial score (nSPS) is 11.9. The predicted octanol–water partition coefficient (Wildman–Crippen LogP) is 4.54. The molecule has 0 unspecified atom stereocenters. The van der Waals surface area contributed by atoms with Crippen molar-refractivity contribution in [2.75, 3.05) is 22.4 Å². The van der Waals surface area contributed by atoms with Gasteiger partial charge < -0.3 is 5.32 Å². The molecule has 0 aliphatic rings. The third-order valence-electron chi connectivity index (χ3n) is 3.77. The van der Waals surface area contributed by atoms with Crippen molar-refractivity contribution < 1.29 is 26.4 Å². The number of nitrogens with one attached hydrogen (secondary N) is 1. The van der Waals surface area contributed by atoms with E-state index in [0.29, 0.717) is 10.7 Å². The highest BCUT2D eigenvalue weighted by Gasteiger charge is 2.31. The second-order valence-electron chi connectivity index (χ2n) is 6.01. The molecule has 0 saturated heterocycles. The standard InChI is InChI=1S/C18H18ClF3N2O3S/c1-28(26,27)24(14-7-4-6-13(12-14)18(20,21)22)11-5-10-17(25)23-16-9-3-2-8-15(16)19/h2-4,6-9,12H,5,10-11H2,1H3,(H,23,25). The summed E-state index contributed by atoms with van der Waals surface area (Å²) in [6, 6.07) is 10.7. The van der Waals surface area contributed by atoms with Crippen LogP contribution in [0.3, 0.4) is 0 Å². The Kier molecular flexibility index (Phi) is 6.95. The summed E-state index contributed by atoms with van der Waals surface area (Å²) in [4.78, 5) is 12.0. The van der Waals surface area contributed by atoms with Gasteiger partial charge in [-0.1, -0.05) is 29.8 Å². The number of anilines is 2. The molecule has 0 aliphatic carbocycles. The van der Waals surface area contributed by atoms with E-state index in [0.717, 1.165) is 28.8 Å². The highest BCUT2D eigenvalue weighted by atomic mass is 35.5. The molecule has 152 valence electrons. The minimum Gasteiger partial charge on any atom is -0.325 e. The quantitative estimate of drug-likeness (QED) is 0.695. The number of rotatable bonds is 7. The summed E-state index contributed by atoms with van der Waals surface area (Å²) >= 11 is 5.95. The average Bonchev–Trinajstić information content (AvgIpc) is 2.59. The zero-order valence-electron chi connectivity index (χ0n) is 14.8. The minimum absolute atomic E-state index is 0.0315. The lowest BCUT2D eigenvalue weighted by Gasteiger charge is -2.23. The number of carbonyl (C=O) groups excluding carboxylic acids is 1. The van der Waals surface area contributed by atoms with Gasteiger partial charge in [-0.3, -0.25) is 9.10 Å². The second kappa shape index (κ2) is 8.83. The first-order valence-electron chi connectivity index (χ1n) is 8.18. The van der Waals surface area contributed by atoms with Crippen LogP contribution in [0.25, 0.3) is 0 Å². The van der Waals surface area contributed by atoms with Crippen LogP contribution in [-0.2, 0) is 21.0 Å². The summed E-state index contributed by atoms with van der Waals surface area (Å²) < 4.78 is 63.6. The largest absolute Gasteiger partial charge is 0.416 e. The molecule has 2 aromatic carbocycles. The van der Waals surface area contributed by atoms with Crippen LogP contribution < -0.4 is 9.62 Å². The number of para-hydroxylation sites is 1. The Bertz CT molecular complexity index is 949. The zero-order valence-corrected chi connectivity index (χ0v) is 16.4. The second-order valence-corrected chi connectivity index (χ2v) is 8.33. The van der Waals surface area contributed by atoms with Crippen molar-refractivity contribution >= 4 is 38.9 Å². The van der Waals surface area contributed by atoms with E-state index in [1.54, 1.807) is 24.3 Å². The summed E-state index contributed by atoms with van der Waals surface area (Å²) in [7, 11) is -3.83. The van der Waals surface area contributed by atoms with E-state index in [1.807, 2.05) is 0 Å². The predicted molar refractivity (Wildman–Crippen MR) is 103 cm³/mol. The number of alkyl halides is 3. The van der Waals surface area contributed by atoms with Gasteiger partial charge in [-0.15, -0.1) is 0 Å². The van der Waals surface area contributed by atoms with Crippen molar-refractivity contribution in [1.29, 1.82) is 0 Å². The molecule has 0 saturated carbocycles. The fourth-order valence-electron chi connectivity index (χ4n) is 2.48. The van der Waals surface area contributed by atoms with Gasteiger partial charge in [0.15, 0.2) is 0 Å². The molecule has 10 heteroatoms. The Labute approximate surface area is 166 Å². The molecule has 0 bridgehead atoms. The topological polar surface area (TPSA) is 66.5 Å². The Morgan fingerprint density at radius 1 is 1.14 bits per heavy atom. The Hall–Kier alpha value is -2.26. The third-order valence-corrected chi connectivity index (χ3v) is 5.30. The number of halogens is 4. The van der Waals surface area contributed by atoms with Gasteiger partial charge in [-0.25, -0.2) is 8.42 Å². The molecular weight excluding hydrogens is 417 g/mol. The molecule has 0 heterocycles. The highest BCUT2D eigenvalue weighted by Crippen LogP contribution is 2.32. The molecule has 0 aromatic heterocycles. The first-order chi connectivity index (χ1) is 13.0. The number of sulfonamides is 1. The van der Waals surface area contributed by atoms with Gasteiger partial charge in [-0.05, 0) is 36.8 Å². The highest BCUT2D eigenvalue weighted by molar-refractivity contribution is 7.92. The van der Waals surface area contributed by atoms with E-state index in [9.17, 15) is 26.4 Å². The molecule has 2 aromatic rings. The van der Waals surface area contributed by atoms with E-state index < -0.39 is 21.8 Å². The molecule has 5 nitrogen and oxygen atoms in total. The first-order valence-corrected chi connectivity index (χ1v) is 10.4. The molecule has 0 atom stereocenters. The van der Waals surface area contributed by atoms with Crippen molar-refractivity contribution in [1.82, 2.24) is 0 Å². The number of carbonyl (C=O) groups is 1. The lowest BCUT2D eigenvalue weighted by molar-refractivity contribution is -0.137. The van der Waals surface area contributed by atoms with Crippen LogP contribution in [0.5, 0.6) is 0 Å². The molecule has 0 spiro atoms. The van der Waals surface area contributed by atoms with E-state index in [2.05, 4.69) is 5.32 Å². The summed E-state index contributed by atoms with van der Waals surface area (Å²) in [6.45, 7) is -0.143. The number of hydrogen-bond donors (Lipinski definition) is 1. The van der Waals surface area contributed by atoms with Crippen LogP contribution in [0.1, 0.15) is 18.4 Å². The minimum atomic E-state index is -4.59. The SMILES string of the molecule is CS(=O)(=O)N(CCCC(=O)Nc1ccccc1Cl)c1cccc(C(F)(F)F)c1. The van der Waals surface area contributed by atoms with Gasteiger partial charge in [0.2, 0.25) is 15.9 Å². The lowest BCUT2D eigenvalue weighted by Crippen LogP contribution is -2.31. The van der Waals surface area contributed by atoms with Crippen LogP contribution in [0.2, 0.25) is 5.02 Å². The number of benzene rings is 2. The van der Waals surface area contributed by atoms with Gasteiger partial charge in [0.1, 0.15) is 0 Å². The Morgan fingerprint density at radius 2 is 1.82 bits per heavy atom. The summed E-state index contributed by atoms with van der Waals surface area (Å²) in [5, 5.41) is 2.96. The smallest absolute Gasteiger partial charge is 0.325 e. The van der Waals surface area contributed by atoms with E-state index in [-0.39, 0.29) is 31.0 Å². The fourth-order valence-corrected chi connectivity index (χ4v) is 3.62. The maximum atomic E-state index is 12.9. The van der Waals surface area contributed by atoms with Crippen LogP contribution in [0.15, 0.2) is 48.5 Å². The summed E-state index contributed by atoms with van der Waals surface area (Å²) in [5.74, 6) is -0.384. The van der Waals surface area contributed by atoms with E-state index in [4.69, 9.17) is 11.6 Å². The molecule has 0 radical (unpaired) electrons. The number of nitrogens with zero attached hydrogens (tertiary/aromatic N) is 1. The Morgan fingerprint density at radius 3 is 2.43 bits per heavy atom. The summed E-state index contributed by atoms with van der Waals surface area (Å²) in [6.07, 6.45) is -3.61. The molecule has 0 aliphatic heterocycles. The monoisotopic (exact) mass is 434 g/mol. The van der Waals surface area contributed by atoms with Crippen molar-refractivity contribution in [3.63, 3.8) is 0 Å². The van der Waals surface area contributed by atoms with Crippen LogP contribution in [0, 0.1) is 0 Å². The van der Waals surface area contributed by atoms with Crippen LogP contribution in [0.4, 0.5) is 24.5 Å². The molecular formula is C18H18ClF3N2O3S. The molecule has 1 amide bonds. The van der Waals surface area contributed by atoms with Crippen molar-refractivity contribution in [3.05, 3.63) is 59.1 Å². The van der Waals surface area contributed by atoms with E-state index in [1.165, 1.54) is 6.07 Å². The molecule has 28 heavy (non-hydrogen) atoms. The fraction of sp³-hybridized carbons (Fsp3) is 0.278. The average molecular weight is 435 g/mol. The molecule has 1 N–H and O–H groups in total. The first kappa shape index (κ1) is 22.0. The summed E-state index contributed by atoms with van der Waals surface area (Å²) in [5.41, 5.74) is -0.633. The van der Waals surface area contributed by atoms with Crippen molar-refractivity contribution in [2.24, 2.45) is 0 Å². The van der Waals surface area contributed by atoms with Gasteiger partial charge >= 0.3 is 6.18 Å². The van der Waals surface area contributed by atoms with Crippen molar-refractivity contribution in [2.45, 2.75) is 19.0 Å². The van der Waals surface area contributed by atoms with Gasteiger partial charge in [-0.2, -0.15) is 13.2 Å². The Balaban J connectivity index is 2.06. The van der Waals surface area contributed by atoms with Gasteiger partial charge in [0, 0.05) is 13.0 Å². The number of hydrogen-bond acceptors (Lipinski definition) is 3. The maximum Gasteiger partial charge on any atom is 0.416 e. The van der Waals surface area contributed by atoms with Crippen molar-refractivity contribution in [3.8, 4) is 0 Å². The molecule has 0 fully saturated rings. The van der Waals surface area contributed by atoms with Crippen LogP contribution in [-0.4, -0.2) is 27.1 Å².